The van der Waals surface area contributed by atoms with Gasteiger partial charge in [0.25, 0.3) is 0 Å². The molecule has 14 nitrogen and oxygen atoms in total. The number of imidazole rings is 1. The Kier molecular flexibility index (Phi) is 11.1. The normalized spacial score (nSPS) is 16.3. The van der Waals surface area contributed by atoms with Gasteiger partial charge in [-0.1, -0.05) is 20.3 Å². The average molecular weight is 484 g/mol. The zero-order chi connectivity index (χ0) is 26.0. The van der Waals surface area contributed by atoms with Crippen LogP contribution >= 0.6 is 0 Å². The maximum Gasteiger partial charge on any atom is 0.326 e. The fourth-order valence-corrected chi connectivity index (χ4v) is 2.93. The summed E-state index contributed by atoms with van der Waals surface area (Å²) in [4.78, 5) is 67.5. The molecule has 0 bridgehead atoms. The van der Waals surface area contributed by atoms with Gasteiger partial charge in [0.1, 0.15) is 24.2 Å². The van der Waals surface area contributed by atoms with E-state index >= 15 is 0 Å². The van der Waals surface area contributed by atoms with Gasteiger partial charge >= 0.3 is 5.97 Å². The fourth-order valence-electron chi connectivity index (χ4n) is 2.93. The topological polar surface area (TPSA) is 243 Å². The number of aliphatic hydroxyl groups excluding tert-OH is 1. The number of aromatic amines is 1. The largest absolute Gasteiger partial charge is 0.480 e. The molecule has 0 radical (unpaired) electrons. The standard InChI is InChI=1S/C20H33N7O7/c1-4-9(2)16(27-18(31)15(22)10(3)28)19(32)25-12(5-11-7-23-8-24-11)17(30)26-13(20(33)34)6-14(21)29/h7-10,12-13,15-16,28H,4-6,22H2,1-3H3,(H2,21,29)(H,23,24)(H,25,32)(H,26,30)(H,27,31)(H,33,34). The van der Waals surface area contributed by atoms with Crippen molar-refractivity contribution in [2.45, 2.75) is 70.3 Å². The number of nitrogens with one attached hydrogen (secondary N) is 4. The number of aliphatic hydroxyl groups is 1. The fraction of sp³-hybridized carbons (Fsp3) is 0.600. The van der Waals surface area contributed by atoms with Crippen LogP contribution in [0, 0.1) is 5.92 Å². The number of carboxylic acid groups (broad SMARTS) is 1. The van der Waals surface area contributed by atoms with Crippen molar-refractivity contribution in [3.63, 3.8) is 0 Å². The van der Waals surface area contributed by atoms with Crippen LogP contribution in [0.25, 0.3) is 0 Å². The van der Waals surface area contributed by atoms with Gasteiger partial charge in [0.15, 0.2) is 0 Å². The van der Waals surface area contributed by atoms with E-state index in [0.29, 0.717) is 12.1 Å². The molecule has 14 heteroatoms. The molecule has 6 unspecified atom stereocenters. The molecule has 0 aliphatic rings. The summed E-state index contributed by atoms with van der Waals surface area (Å²) in [5.74, 6) is -5.14. The van der Waals surface area contributed by atoms with Crippen molar-refractivity contribution in [1.29, 1.82) is 0 Å². The summed E-state index contributed by atoms with van der Waals surface area (Å²) in [6.07, 6.45) is 1.37. The smallest absolute Gasteiger partial charge is 0.326 e. The number of H-pyrrole nitrogens is 1. The van der Waals surface area contributed by atoms with E-state index in [0.717, 1.165) is 0 Å². The lowest BCUT2D eigenvalue weighted by Gasteiger charge is -2.28. The molecular formula is C20H33N7O7. The van der Waals surface area contributed by atoms with E-state index in [4.69, 9.17) is 11.5 Å². The summed E-state index contributed by atoms with van der Waals surface area (Å²) < 4.78 is 0. The Morgan fingerprint density at radius 1 is 1.06 bits per heavy atom. The predicted molar refractivity (Wildman–Crippen MR) is 119 cm³/mol. The molecule has 0 fully saturated rings. The zero-order valence-electron chi connectivity index (χ0n) is 19.3. The van der Waals surface area contributed by atoms with Crippen LogP contribution < -0.4 is 27.4 Å². The Balaban J connectivity index is 3.11. The van der Waals surface area contributed by atoms with Crippen LogP contribution in [0.4, 0.5) is 0 Å². The Bertz CT molecular complexity index is 859. The van der Waals surface area contributed by atoms with Crippen molar-refractivity contribution in [2.24, 2.45) is 17.4 Å². The number of nitrogens with zero attached hydrogens (tertiary/aromatic N) is 1. The van der Waals surface area contributed by atoms with E-state index in [2.05, 4.69) is 25.9 Å². The number of rotatable bonds is 14. The number of primary amides is 1. The molecule has 0 aromatic carbocycles. The van der Waals surface area contributed by atoms with Gasteiger partial charge in [-0.25, -0.2) is 9.78 Å². The number of hydrogen-bond acceptors (Lipinski definition) is 8. The highest BCUT2D eigenvalue weighted by Gasteiger charge is 2.33. The van der Waals surface area contributed by atoms with Crippen molar-refractivity contribution >= 4 is 29.6 Å². The number of nitrogens with two attached hydrogens (primary N) is 2. The van der Waals surface area contributed by atoms with Crippen LogP contribution in [0.1, 0.15) is 39.3 Å². The number of carbonyl (C=O) groups excluding carboxylic acids is 4. The highest BCUT2D eigenvalue weighted by atomic mass is 16.4. The van der Waals surface area contributed by atoms with Crippen molar-refractivity contribution in [2.75, 3.05) is 0 Å². The zero-order valence-corrected chi connectivity index (χ0v) is 19.3. The first-order valence-electron chi connectivity index (χ1n) is 10.7. The molecule has 1 aromatic heterocycles. The van der Waals surface area contributed by atoms with Crippen LogP contribution in [0.2, 0.25) is 0 Å². The molecule has 34 heavy (non-hydrogen) atoms. The summed E-state index contributed by atoms with van der Waals surface area (Å²) >= 11 is 0. The van der Waals surface area contributed by atoms with Crippen LogP contribution in [0.5, 0.6) is 0 Å². The van der Waals surface area contributed by atoms with Gasteiger partial charge in [0.05, 0.1) is 18.9 Å². The first kappa shape index (κ1) is 28.5. The molecule has 190 valence electrons. The molecule has 0 aliphatic carbocycles. The molecule has 1 rings (SSSR count). The number of aromatic nitrogens is 2. The summed E-state index contributed by atoms with van der Waals surface area (Å²) in [6, 6.07) is -5.24. The lowest BCUT2D eigenvalue weighted by molar-refractivity contribution is -0.143. The summed E-state index contributed by atoms with van der Waals surface area (Å²) in [6.45, 7) is 4.83. The third-order valence-electron chi connectivity index (χ3n) is 5.25. The number of carbonyl (C=O) groups is 5. The molecule has 4 amide bonds. The summed E-state index contributed by atoms with van der Waals surface area (Å²) in [5, 5.41) is 26.0. The van der Waals surface area contributed by atoms with E-state index < -0.39 is 66.3 Å². The van der Waals surface area contributed by atoms with E-state index in [1.165, 1.54) is 19.4 Å². The molecule has 10 N–H and O–H groups in total. The van der Waals surface area contributed by atoms with Crippen LogP contribution in [0.3, 0.4) is 0 Å². The second-order valence-corrected chi connectivity index (χ2v) is 8.05. The van der Waals surface area contributed by atoms with Gasteiger partial charge in [-0.3, -0.25) is 19.2 Å². The SMILES string of the molecule is CCC(C)C(NC(=O)C(N)C(C)O)C(=O)NC(Cc1cnc[nH]1)C(=O)NC(CC(N)=O)C(=O)O. The van der Waals surface area contributed by atoms with Gasteiger partial charge in [-0.15, -0.1) is 0 Å². The Labute approximate surface area is 196 Å². The molecule has 1 aromatic rings. The monoisotopic (exact) mass is 483 g/mol. The second-order valence-electron chi connectivity index (χ2n) is 8.05. The number of aliphatic carboxylic acids is 1. The van der Waals surface area contributed by atoms with Gasteiger partial charge in [-0.2, -0.15) is 0 Å². The first-order chi connectivity index (χ1) is 15.9. The molecule has 0 aliphatic heterocycles. The Hall–Kier alpha value is -3.52. The van der Waals surface area contributed by atoms with Crippen molar-refractivity contribution < 1.29 is 34.2 Å². The number of amides is 4. The van der Waals surface area contributed by atoms with Crippen molar-refractivity contribution in [3.8, 4) is 0 Å². The summed E-state index contributed by atoms with van der Waals surface area (Å²) in [7, 11) is 0. The van der Waals surface area contributed by atoms with Crippen LogP contribution in [-0.4, -0.2) is 80.1 Å². The van der Waals surface area contributed by atoms with Gasteiger partial charge < -0.3 is 42.6 Å². The molecule has 0 spiro atoms. The minimum Gasteiger partial charge on any atom is -0.480 e. The van der Waals surface area contributed by atoms with E-state index in [9.17, 15) is 34.2 Å². The molecule has 1 heterocycles. The molecule has 0 saturated carbocycles. The second kappa shape index (κ2) is 13.3. The third kappa shape index (κ3) is 8.78. The molecular weight excluding hydrogens is 450 g/mol. The maximum atomic E-state index is 13.1. The average Bonchev–Trinajstić information content (AvgIpc) is 3.27. The van der Waals surface area contributed by atoms with E-state index in [-0.39, 0.29) is 12.3 Å². The Morgan fingerprint density at radius 2 is 1.68 bits per heavy atom. The van der Waals surface area contributed by atoms with Gasteiger partial charge in [0, 0.05) is 18.3 Å². The number of hydrogen-bond donors (Lipinski definition) is 8. The molecule has 0 saturated heterocycles. The number of carboxylic acids is 1. The lowest BCUT2D eigenvalue weighted by Crippen LogP contribution is -2.60. The lowest BCUT2D eigenvalue weighted by atomic mass is 9.97. The molecule has 6 atom stereocenters. The predicted octanol–water partition coefficient (Wildman–Crippen LogP) is -2.88. The summed E-state index contributed by atoms with van der Waals surface area (Å²) in [5.41, 5.74) is 11.2. The quantitative estimate of drug-likeness (QED) is 0.135. The minimum absolute atomic E-state index is 0.0884. The van der Waals surface area contributed by atoms with E-state index in [1.807, 2.05) is 0 Å². The Morgan fingerprint density at radius 3 is 2.15 bits per heavy atom. The van der Waals surface area contributed by atoms with Crippen LogP contribution in [-0.2, 0) is 30.4 Å². The van der Waals surface area contributed by atoms with Crippen molar-refractivity contribution in [1.82, 2.24) is 25.9 Å². The van der Waals surface area contributed by atoms with Gasteiger partial charge in [-0.05, 0) is 12.8 Å². The van der Waals surface area contributed by atoms with Crippen molar-refractivity contribution in [3.05, 3.63) is 18.2 Å². The maximum absolute atomic E-state index is 13.1. The van der Waals surface area contributed by atoms with Gasteiger partial charge in [0.2, 0.25) is 23.6 Å². The highest BCUT2D eigenvalue weighted by molar-refractivity contribution is 5.95. The third-order valence-corrected chi connectivity index (χ3v) is 5.25. The minimum atomic E-state index is -1.60. The highest BCUT2D eigenvalue weighted by Crippen LogP contribution is 2.10. The first-order valence-corrected chi connectivity index (χ1v) is 10.7. The van der Waals surface area contributed by atoms with E-state index in [1.54, 1.807) is 13.8 Å². The van der Waals surface area contributed by atoms with Crippen LogP contribution in [0.15, 0.2) is 12.5 Å².